The Morgan fingerprint density at radius 1 is 1.16 bits per heavy atom. The van der Waals surface area contributed by atoms with Crippen molar-refractivity contribution in [2.24, 2.45) is 5.73 Å². The summed E-state index contributed by atoms with van der Waals surface area (Å²) >= 11 is 0. The van der Waals surface area contributed by atoms with Crippen molar-refractivity contribution in [1.82, 2.24) is 14.5 Å². The van der Waals surface area contributed by atoms with Crippen LogP contribution in [0.15, 0.2) is 30.5 Å². The quantitative estimate of drug-likeness (QED) is 0.911. The number of anilines is 1. The van der Waals surface area contributed by atoms with E-state index >= 15 is 0 Å². The summed E-state index contributed by atoms with van der Waals surface area (Å²) in [6, 6.07) is 7.22. The number of imidazole rings is 1. The van der Waals surface area contributed by atoms with E-state index in [0.717, 1.165) is 57.1 Å². The molecular weight excluding hydrogens is 321 g/mol. The van der Waals surface area contributed by atoms with Crippen molar-refractivity contribution in [3.63, 3.8) is 0 Å². The fourth-order valence-corrected chi connectivity index (χ4v) is 3.85. The molecule has 2 aliphatic rings. The largest absolute Gasteiger partial charge is 0.370 e. The number of rotatable bonds is 3. The lowest BCUT2D eigenvalue weighted by Gasteiger charge is -2.27. The number of primary amides is 1. The monoisotopic (exact) mass is 343 g/mol. The summed E-state index contributed by atoms with van der Waals surface area (Å²) < 4.78 is 15.1. The third-order valence-electron chi connectivity index (χ3n) is 5.23. The van der Waals surface area contributed by atoms with Gasteiger partial charge in [0.1, 0.15) is 17.3 Å². The topological polar surface area (TPSA) is 67.4 Å². The highest BCUT2D eigenvalue weighted by Crippen LogP contribution is 2.24. The Bertz CT molecular complexity index is 747. The van der Waals surface area contributed by atoms with Crippen LogP contribution in [0.4, 0.5) is 10.1 Å². The van der Waals surface area contributed by atoms with E-state index in [-0.39, 0.29) is 5.82 Å². The standard InChI is InChI=1S/C18H22FN5O/c19-13-1-3-14(4-2-13)23-7-5-15(11-23)22-8-6-17-21-16(18(20)25)12-24(17)10-9-22/h1-4,12,15H,5-11H2,(H2,20,25). The number of aromatic nitrogens is 2. The van der Waals surface area contributed by atoms with Crippen LogP contribution in [0.25, 0.3) is 0 Å². The van der Waals surface area contributed by atoms with Gasteiger partial charge in [0.15, 0.2) is 0 Å². The maximum atomic E-state index is 13.1. The van der Waals surface area contributed by atoms with E-state index in [2.05, 4.69) is 14.8 Å². The summed E-state index contributed by atoms with van der Waals surface area (Å²) in [6.45, 7) is 4.63. The minimum atomic E-state index is -0.469. The highest BCUT2D eigenvalue weighted by molar-refractivity contribution is 5.90. The molecule has 0 saturated carbocycles. The van der Waals surface area contributed by atoms with E-state index in [0.29, 0.717) is 11.7 Å². The van der Waals surface area contributed by atoms with Crippen LogP contribution >= 0.6 is 0 Å². The molecule has 0 radical (unpaired) electrons. The van der Waals surface area contributed by atoms with Crippen molar-refractivity contribution in [2.45, 2.75) is 25.4 Å². The molecule has 1 amide bonds. The molecule has 3 heterocycles. The number of benzene rings is 1. The first-order valence-electron chi connectivity index (χ1n) is 8.70. The van der Waals surface area contributed by atoms with E-state index in [1.807, 2.05) is 16.7 Å². The van der Waals surface area contributed by atoms with Crippen molar-refractivity contribution in [2.75, 3.05) is 31.1 Å². The number of fused-ring (bicyclic) bond motifs is 1. The van der Waals surface area contributed by atoms with Crippen molar-refractivity contribution in [3.05, 3.63) is 47.8 Å². The molecule has 7 heteroatoms. The normalized spacial score (nSPS) is 21.2. The summed E-state index contributed by atoms with van der Waals surface area (Å²) in [5.74, 6) is 0.268. The molecule has 25 heavy (non-hydrogen) atoms. The average Bonchev–Trinajstić information content (AvgIpc) is 3.20. The van der Waals surface area contributed by atoms with Crippen LogP contribution in [0.5, 0.6) is 0 Å². The molecule has 1 atom stereocenters. The van der Waals surface area contributed by atoms with Gasteiger partial charge in [-0.2, -0.15) is 0 Å². The molecule has 0 aliphatic carbocycles. The SMILES string of the molecule is NC(=O)c1cn2c(n1)CCN(C1CCN(c3ccc(F)cc3)C1)CC2. The molecule has 1 aromatic heterocycles. The van der Waals surface area contributed by atoms with E-state index in [1.165, 1.54) is 12.1 Å². The number of nitrogens with zero attached hydrogens (tertiary/aromatic N) is 4. The van der Waals surface area contributed by atoms with Crippen LogP contribution in [0, 0.1) is 5.82 Å². The van der Waals surface area contributed by atoms with E-state index in [4.69, 9.17) is 5.73 Å². The zero-order valence-electron chi connectivity index (χ0n) is 14.1. The zero-order chi connectivity index (χ0) is 17.4. The predicted molar refractivity (Wildman–Crippen MR) is 93.0 cm³/mol. The van der Waals surface area contributed by atoms with Gasteiger partial charge in [0.2, 0.25) is 0 Å². The van der Waals surface area contributed by atoms with E-state index in [1.54, 1.807) is 6.20 Å². The number of halogens is 1. The molecule has 0 spiro atoms. The number of amides is 1. The molecule has 132 valence electrons. The molecule has 2 aliphatic heterocycles. The maximum Gasteiger partial charge on any atom is 0.268 e. The summed E-state index contributed by atoms with van der Waals surface area (Å²) in [7, 11) is 0. The molecule has 1 fully saturated rings. The number of hydrogen-bond acceptors (Lipinski definition) is 4. The molecular formula is C18H22FN5O. The van der Waals surface area contributed by atoms with Crippen molar-refractivity contribution in [3.8, 4) is 0 Å². The molecule has 2 aromatic rings. The van der Waals surface area contributed by atoms with Gasteiger partial charge in [-0.3, -0.25) is 9.69 Å². The third kappa shape index (κ3) is 3.24. The van der Waals surface area contributed by atoms with Crippen LogP contribution in [-0.2, 0) is 13.0 Å². The highest BCUT2D eigenvalue weighted by Gasteiger charge is 2.29. The third-order valence-corrected chi connectivity index (χ3v) is 5.23. The van der Waals surface area contributed by atoms with Gasteiger partial charge in [-0.25, -0.2) is 9.37 Å². The molecule has 1 aromatic carbocycles. The number of hydrogen-bond donors (Lipinski definition) is 1. The van der Waals surface area contributed by atoms with Gasteiger partial charge in [-0.1, -0.05) is 0 Å². The number of nitrogens with two attached hydrogens (primary N) is 1. The predicted octanol–water partition coefficient (Wildman–Crippen LogP) is 1.26. The van der Waals surface area contributed by atoms with Crippen LogP contribution in [0.1, 0.15) is 22.7 Å². The lowest BCUT2D eigenvalue weighted by molar-refractivity contribution is 0.0995. The first-order chi connectivity index (χ1) is 12.1. The Morgan fingerprint density at radius 2 is 1.96 bits per heavy atom. The average molecular weight is 343 g/mol. The summed E-state index contributed by atoms with van der Waals surface area (Å²) in [6.07, 6.45) is 3.69. The second kappa shape index (κ2) is 6.48. The van der Waals surface area contributed by atoms with Gasteiger partial charge in [0.05, 0.1) is 0 Å². The minimum absolute atomic E-state index is 0.197. The van der Waals surface area contributed by atoms with Gasteiger partial charge < -0.3 is 15.2 Å². The second-order valence-corrected chi connectivity index (χ2v) is 6.75. The molecule has 4 rings (SSSR count). The second-order valence-electron chi connectivity index (χ2n) is 6.75. The highest BCUT2D eigenvalue weighted by atomic mass is 19.1. The Hall–Kier alpha value is -2.41. The van der Waals surface area contributed by atoms with E-state index in [9.17, 15) is 9.18 Å². The molecule has 1 saturated heterocycles. The van der Waals surface area contributed by atoms with E-state index < -0.39 is 5.91 Å². The fourth-order valence-electron chi connectivity index (χ4n) is 3.85. The first-order valence-corrected chi connectivity index (χ1v) is 8.70. The van der Waals surface area contributed by atoms with Gasteiger partial charge >= 0.3 is 0 Å². The van der Waals surface area contributed by atoms with Gasteiger partial charge in [0, 0.05) is 57.1 Å². The minimum Gasteiger partial charge on any atom is -0.370 e. The fraction of sp³-hybridized carbons (Fsp3) is 0.444. The molecule has 1 unspecified atom stereocenters. The lowest BCUT2D eigenvalue weighted by atomic mass is 10.2. The summed E-state index contributed by atoms with van der Waals surface area (Å²) in [5.41, 5.74) is 6.75. The number of carbonyl (C=O) groups excluding carboxylic acids is 1. The maximum absolute atomic E-state index is 13.1. The Balaban J connectivity index is 1.40. The van der Waals surface area contributed by atoms with Gasteiger partial charge in [-0.15, -0.1) is 0 Å². The Morgan fingerprint density at radius 3 is 2.72 bits per heavy atom. The molecule has 6 nitrogen and oxygen atoms in total. The smallest absolute Gasteiger partial charge is 0.268 e. The first kappa shape index (κ1) is 16.1. The van der Waals surface area contributed by atoms with Crippen molar-refractivity contribution >= 4 is 11.6 Å². The Kier molecular flexibility index (Phi) is 4.17. The summed E-state index contributed by atoms with van der Waals surface area (Å²) in [5, 5.41) is 0. The number of carbonyl (C=O) groups is 1. The van der Waals surface area contributed by atoms with Gasteiger partial charge in [0.25, 0.3) is 5.91 Å². The van der Waals surface area contributed by atoms with Crippen LogP contribution < -0.4 is 10.6 Å². The lowest BCUT2D eigenvalue weighted by Crippen LogP contribution is -2.39. The van der Waals surface area contributed by atoms with Crippen molar-refractivity contribution in [1.29, 1.82) is 0 Å². The summed E-state index contributed by atoms with van der Waals surface area (Å²) in [4.78, 5) is 20.5. The van der Waals surface area contributed by atoms with Crippen LogP contribution in [0.3, 0.4) is 0 Å². The zero-order valence-corrected chi connectivity index (χ0v) is 14.1. The van der Waals surface area contributed by atoms with Crippen LogP contribution in [-0.4, -0.2) is 52.6 Å². The molecule has 2 N–H and O–H groups in total. The Labute approximate surface area is 146 Å². The van der Waals surface area contributed by atoms with Gasteiger partial charge in [-0.05, 0) is 30.7 Å². The van der Waals surface area contributed by atoms with Crippen molar-refractivity contribution < 1.29 is 9.18 Å². The van der Waals surface area contributed by atoms with Crippen LogP contribution in [0.2, 0.25) is 0 Å². The molecule has 0 bridgehead atoms.